The van der Waals surface area contributed by atoms with Gasteiger partial charge in [-0.25, -0.2) is 0 Å². The van der Waals surface area contributed by atoms with E-state index in [-0.39, 0.29) is 5.91 Å². The maximum absolute atomic E-state index is 10.5. The lowest BCUT2D eigenvalue weighted by molar-refractivity contribution is -0.117. The Hall–Kier alpha value is -0.570. The molecule has 0 spiro atoms. The summed E-state index contributed by atoms with van der Waals surface area (Å²) >= 11 is 0. The average Bonchev–Trinajstić information content (AvgIpc) is 2.30. The summed E-state index contributed by atoms with van der Waals surface area (Å²) in [6, 6.07) is 0.493. The molecule has 1 saturated carbocycles. The van der Waals surface area contributed by atoms with Crippen LogP contribution in [0.15, 0.2) is 0 Å². The standard InChI is InChI=1S/C9H18N2O/c1-6-3-4-8(7(6)2)11-5-9(10)12/h6-8,11H,3-5H2,1-2H3,(H2,10,12). The molecule has 3 N–H and O–H groups in total. The molecule has 1 fully saturated rings. The van der Waals surface area contributed by atoms with Crippen LogP contribution < -0.4 is 11.1 Å². The van der Waals surface area contributed by atoms with Crippen molar-refractivity contribution in [2.24, 2.45) is 17.6 Å². The van der Waals surface area contributed by atoms with Crippen LogP contribution in [0.4, 0.5) is 0 Å². The summed E-state index contributed by atoms with van der Waals surface area (Å²) < 4.78 is 0. The van der Waals surface area contributed by atoms with Crippen LogP contribution in [0.25, 0.3) is 0 Å². The average molecular weight is 170 g/mol. The van der Waals surface area contributed by atoms with Crippen LogP contribution >= 0.6 is 0 Å². The number of rotatable bonds is 3. The normalized spacial score (nSPS) is 35.3. The molecule has 70 valence electrons. The molecule has 3 unspecified atom stereocenters. The molecule has 1 rings (SSSR count). The highest BCUT2D eigenvalue weighted by molar-refractivity contribution is 5.75. The fourth-order valence-corrected chi connectivity index (χ4v) is 1.88. The summed E-state index contributed by atoms with van der Waals surface area (Å²) in [7, 11) is 0. The van der Waals surface area contributed by atoms with Gasteiger partial charge >= 0.3 is 0 Å². The molecule has 1 aliphatic rings. The van der Waals surface area contributed by atoms with E-state index < -0.39 is 0 Å². The van der Waals surface area contributed by atoms with Crippen LogP contribution in [-0.2, 0) is 4.79 Å². The summed E-state index contributed by atoms with van der Waals surface area (Å²) in [4.78, 5) is 10.5. The van der Waals surface area contributed by atoms with Crippen molar-refractivity contribution in [2.45, 2.75) is 32.7 Å². The molecule has 0 saturated heterocycles. The summed E-state index contributed by atoms with van der Waals surface area (Å²) in [5, 5.41) is 3.19. The smallest absolute Gasteiger partial charge is 0.231 e. The fourth-order valence-electron chi connectivity index (χ4n) is 1.88. The minimum Gasteiger partial charge on any atom is -0.369 e. The maximum Gasteiger partial charge on any atom is 0.231 e. The Labute approximate surface area is 73.7 Å². The summed E-state index contributed by atoms with van der Waals surface area (Å²) in [5.41, 5.74) is 5.05. The largest absolute Gasteiger partial charge is 0.369 e. The number of carbonyl (C=O) groups excluding carboxylic acids is 1. The zero-order valence-corrected chi connectivity index (χ0v) is 7.84. The van der Waals surface area contributed by atoms with Crippen molar-refractivity contribution in [2.75, 3.05) is 6.54 Å². The van der Waals surface area contributed by atoms with E-state index in [2.05, 4.69) is 19.2 Å². The summed E-state index contributed by atoms with van der Waals surface area (Å²) in [6.07, 6.45) is 2.44. The van der Waals surface area contributed by atoms with Gasteiger partial charge in [0.25, 0.3) is 0 Å². The highest BCUT2D eigenvalue weighted by atomic mass is 16.1. The van der Waals surface area contributed by atoms with E-state index in [1.165, 1.54) is 12.8 Å². The lowest BCUT2D eigenvalue weighted by atomic mass is 9.98. The SMILES string of the molecule is CC1CCC(NCC(N)=O)C1C. The highest BCUT2D eigenvalue weighted by Gasteiger charge is 2.29. The van der Waals surface area contributed by atoms with Crippen LogP contribution in [-0.4, -0.2) is 18.5 Å². The van der Waals surface area contributed by atoms with Gasteiger partial charge in [-0.15, -0.1) is 0 Å². The lowest BCUT2D eigenvalue weighted by Crippen LogP contribution is -2.38. The van der Waals surface area contributed by atoms with E-state index >= 15 is 0 Å². The minimum atomic E-state index is -0.262. The fraction of sp³-hybridized carbons (Fsp3) is 0.889. The molecule has 3 atom stereocenters. The number of hydrogen-bond acceptors (Lipinski definition) is 2. The molecule has 0 aliphatic heterocycles. The van der Waals surface area contributed by atoms with E-state index in [9.17, 15) is 4.79 Å². The van der Waals surface area contributed by atoms with Crippen molar-refractivity contribution in [3.05, 3.63) is 0 Å². The molecule has 0 aromatic carbocycles. The van der Waals surface area contributed by atoms with E-state index in [1.54, 1.807) is 0 Å². The van der Waals surface area contributed by atoms with Crippen LogP contribution in [0.2, 0.25) is 0 Å². The first-order valence-electron chi connectivity index (χ1n) is 4.63. The molecule has 0 heterocycles. The third kappa shape index (κ3) is 2.21. The third-order valence-corrected chi connectivity index (χ3v) is 3.00. The van der Waals surface area contributed by atoms with Crippen LogP contribution in [0.5, 0.6) is 0 Å². The van der Waals surface area contributed by atoms with Crippen molar-refractivity contribution in [1.82, 2.24) is 5.32 Å². The Morgan fingerprint density at radius 3 is 2.58 bits per heavy atom. The molecule has 3 nitrogen and oxygen atoms in total. The van der Waals surface area contributed by atoms with Gasteiger partial charge in [0.1, 0.15) is 0 Å². The first-order valence-corrected chi connectivity index (χ1v) is 4.63. The second-order valence-electron chi connectivity index (χ2n) is 3.87. The van der Waals surface area contributed by atoms with Crippen LogP contribution in [0.1, 0.15) is 26.7 Å². The molecular weight excluding hydrogens is 152 g/mol. The topological polar surface area (TPSA) is 55.1 Å². The van der Waals surface area contributed by atoms with Crippen LogP contribution in [0, 0.1) is 11.8 Å². The van der Waals surface area contributed by atoms with Gasteiger partial charge in [-0.3, -0.25) is 4.79 Å². The van der Waals surface area contributed by atoms with Crippen molar-refractivity contribution in [1.29, 1.82) is 0 Å². The van der Waals surface area contributed by atoms with Gasteiger partial charge in [0.15, 0.2) is 0 Å². The predicted octanol–water partition coefficient (Wildman–Crippen LogP) is 0.496. The van der Waals surface area contributed by atoms with Gasteiger partial charge in [0.2, 0.25) is 5.91 Å². The first kappa shape index (κ1) is 9.52. The maximum atomic E-state index is 10.5. The second kappa shape index (κ2) is 3.90. The number of carbonyl (C=O) groups is 1. The van der Waals surface area contributed by atoms with Gasteiger partial charge in [0.05, 0.1) is 6.54 Å². The number of nitrogens with two attached hydrogens (primary N) is 1. The van der Waals surface area contributed by atoms with Gasteiger partial charge in [-0.2, -0.15) is 0 Å². The zero-order chi connectivity index (χ0) is 9.14. The van der Waals surface area contributed by atoms with Crippen molar-refractivity contribution >= 4 is 5.91 Å². The monoisotopic (exact) mass is 170 g/mol. The molecule has 0 radical (unpaired) electrons. The Morgan fingerprint density at radius 1 is 1.50 bits per heavy atom. The Morgan fingerprint density at radius 2 is 2.17 bits per heavy atom. The summed E-state index contributed by atoms with van der Waals surface area (Å²) in [6.45, 7) is 4.81. The lowest BCUT2D eigenvalue weighted by Gasteiger charge is -2.18. The molecule has 1 amide bonds. The van der Waals surface area contributed by atoms with Crippen LogP contribution in [0.3, 0.4) is 0 Å². The number of nitrogens with one attached hydrogen (secondary N) is 1. The zero-order valence-electron chi connectivity index (χ0n) is 7.84. The van der Waals surface area contributed by atoms with E-state index in [4.69, 9.17) is 5.73 Å². The third-order valence-electron chi connectivity index (χ3n) is 3.00. The van der Waals surface area contributed by atoms with E-state index in [0.717, 1.165) is 5.92 Å². The second-order valence-corrected chi connectivity index (χ2v) is 3.87. The summed E-state index contributed by atoms with van der Waals surface area (Å²) in [5.74, 6) is 1.18. The van der Waals surface area contributed by atoms with Crippen molar-refractivity contribution in [3.8, 4) is 0 Å². The number of hydrogen-bond donors (Lipinski definition) is 2. The minimum absolute atomic E-state index is 0.262. The Balaban J connectivity index is 2.29. The van der Waals surface area contributed by atoms with Gasteiger partial charge in [-0.1, -0.05) is 13.8 Å². The molecule has 12 heavy (non-hydrogen) atoms. The molecule has 3 heteroatoms. The molecule has 0 bridgehead atoms. The van der Waals surface area contributed by atoms with E-state index in [0.29, 0.717) is 18.5 Å². The number of primary amides is 1. The first-order chi connectivity index (χ1) is 5.61. The molecule has 1 aliphatic carbocycles. The van der Waals surface area contributed by atoms with Crippen molar-refractivity contribution < 1.29 is 4.79 Å². The number of amides is 1. The Kier molecular flexibility index (Phi) is 3.09. The molecule has 0 aromatic heterocycles. The highest BCUT2D eigenvalue weighted by Crippen LogP contribution is 2.30. The van der Waals surface area contributed by atoms with Gasteiger partial charge in [-0.05, 0) is 24.7 Å². The Bertz CT molecular complexity index is 170. The molecular formula is C9H18N2O. The van der Waals surface area contributed by atoms with Gasteiger partial charge < -0.3 is 11.1 Å². The predicted molar refractivity (Wildman–Crippen MR) is 48.5 cm³/mol. The van der Waals surface area contributed by atoms with Crippen molar-refractivity contribution in [3.63, 3.8) is 0 Å². The van der Waals surface area contributed by atoms with E-state index in [1.807, 2.05) is 0 Å². The van der Waals surface area contributed by atoms with Gasteiger partial charge in [0, 0.05) is 6.04 Å². The molecule has 0 aromatic rings. The quantitative estimate of drug-likeness (QED) is 0.648.